The number of carbonyl (C=O) groups excluding carboxylic acids is 1. The van der Waals surface area contributed by atoms with Crippen LogP contribution < -0.4 is 11.1 Å². The summed E-state index contributed by atoms with van der Waals surface area (Å²) in [6, 6.07) is 9.31. The number of primary amides is 1. The average molecular weight is 246 g/mol. The summed E-state index contributed by atoms with van der Waals surface area (Å²) in [6.45, 7) is 2.01. The van der Waals surface area contributed by atoms with E-state index in [-0.39, 0.29) is 5.91 Å². The summed E-state index contributed by atoms with van der Waals surface area (Å²) in [7, 11) is 0. The van der Waals surface area contributed by atoms with E-state index in [1.807, 2.05) is 48.0 Å². The van der Waals surface area contributed by atoms with Crippen LogP contribution in [-0.4, -0.2) is 5.91 Å². The second kappa shape index (κ2) is 5.01. The lowest BCUT2D eigenvalue weighted by atomic mass is 10.1. The number of carbonyl (C=O) groups is 1. The van der Waals surface area contributed by atoms with Crippen molar-refractivity contribution in [3.8, 4) is 0 Å². The van der Waals surface area contributed by atoms with Gasteiger partial charge in [-0.15, -0.1) is 0 Å². The van der Waals surface area contributed by atoms with Gasteiger partial charge in [-0.05, 0) is 47.0 Å². The molecule has 0 spiro atoms. The average Bonchev–Trinajstić information content (AvgIpc) is 2.78. The first-order valence-corrected chi connectivity index (χ1v) is 6.26. The molecule has 1 heterocycles. The zero-order valence-electron chi connectivity index (χ0n) is 9.51. The molecule has 0 aliphatic heterocycles. The van der Waals surface area contributed by atoms with Gasteiger partial charge in [-0.1, -0.05) is 12.1 Å². The normalized spacial score (nSPS) is 12.1. The largest absolute Gasteiger partial charge is 0.370 e. The molecule has 2 rings (SSSR count). The minimum Gasteiger partial charge on any atom is -0.370 e. The molecule has 1 amide bonds. The van der Waals surface area contributed by atoms with Gasteiger partial charge in [-0.25, -0.2) is 0 Å². The Morgan fingerprint density at radius 3 is 2.82 bits per heavy atom. The summed E-state index contributed by atoms with van der Waals surface area (Å²) >= 11 is 1.55. The second-order valence-corrected chi connectivity index (χ2v) is 4.69. The number of nitrogens with one attached hydrogen (secondary N) is 1. The molecule has 0 fully saturated rings. The molecule has 0 saturated carbocycles. The van der Waals surface area contributed by atoms with Crippen molar-refractivity contribution in [2.24, 2.45) is 5.73 Å². The van der Waals surface area contributed by atoms with E-state index in [0.29, 0.717) is 0 Å². The van der Waals surface area contributed by atoms with Gasteiger partial charge >= 0.3 is 0 Å². The quantitative estimate of drug-likeness (QED) is 0.871. The molecule has 0 saturated heterocycles. The number of anilines is 1. The van der Waals surface area contributed by atoms with Crippen LogP contribution in [0.5, 0.6) is 0 Å². The number of hydrogen-bond acceptors (Lipinski definition) is 3. The zero-order valence-corrected chi connectivity index (χ0v) is 10.3. The van der Waals surface area contributed by atoms with E-state index in [0.717, 1.165) is 16.8 Å². The lowest BCUT2D eigenvalue weighted by molar-refractivity contribution is -0.118. The molecular weight excluding hydrogens is 232 g/mol. The fourth-order valence-electron chi connectivity index (χ4n) is 1.66. The third-order valence-corrected chi connectivity index (χ3v) is 3.19. The van der Waals surface area contributed by atoms with Gasteiger partial charge in [0, 0.05) is 5.69 Å². The van der Waals surface area contributed by atoms with E-state index in [2.05, 4.69) is 5.32 Å². The molecule has 88 valence electrons. The highest BCUT2D eigenvalue weighted by molar-refractivity contribution is 7.08. The number of rotatable bonds is 4. The first kappa shape index (κ1) is 11.7. The van der Waals surface area contributed by atoms with E-state index in [9.17, 15) is 4.79 Å². The van der Waals surface area contributed by atoms with Crippen LogP contribution in [0.4, 0.5) is 5.69 Å². The van der Waals surface area contributed by atoms with Crippen molar-refractivity contribution in [2.45, 2.75) is 13.0 Å². The van der Waals surface area contributed by atoms with Gasteiger partial charge in [0.2, 0.25) is 5.91 Å². The van der Waals surface area contributed by atoms with Crippen LogP contribution in [0.3, 0.4) is 0 Å². The van der Waals surface area contributed by atoms with Crippen molar-refractivity contribution in [2.75, 3.05) is 5.32 Å². The van der Waals surface area contributed by atoms with Gasteiger partial charge in [0.1, 0.15) is 6.04 Å². The molecule has 0 radical (unpaired) electrons. The van der Waals surface area contributed by atoms with Crippen LogP contribution >= 0.6 is 11.3 Å². The van der Waals surface area contributed by atoms with Crippen LogP contribution in [0, 0.1) is 6.92 Å². The Balaban J connectivity index is 2.22. The highest BCUT2D eigenvalue weighted by atomic mass is 32.1. The predicted octanol–water partition coefficient (Wildman–Crippen LogP) is 2.70. The maximum Gasteiger partial charge on any atom is 0.244 e. The van der Waals surface area contributed by atoms with Gasteiger partial charge < -0.3 is 11.1 Å². The van der Waals surface area contributed by atoms with Crippen LogP contribution in [0.2, 0.25) is 0 Å². The van der Waals surface area contributed by atoms with Crippen molar-refractivity contribution >= 4 is 22.9 Å². The zero-order chi connectivity index (χ0) is 12.3. The summed E-state index contributed by atoms with van der Waals surface area (Å²) in [5.74, 6) is -0.370. The lowest BCUT2D eigenvalue weighted by Gasteiger charge is -2.15. The minimum absolute atomic E-state index is 0.370. The van der Waals surface area contributed by atoms with E-state index < -0.39 is 6.04 Å². The van der Waals surface area contributed by atoms with Crippen LogP contribution in [0.15, 0.2) is 41.1 Å². The number of nitrogens with two attached hydrogens (primary N) is 1. The van der Waals surface area contributed by atoms with E-state index in [4.69, 9.17) is 5.73 Å². The standard InChI is InChI=1S/C13H14N2OS/c1-9-3-2-4-11(7-9)15-12(13(14)16)10-5-6-17-8-10/h2-8,12,15H,1H3,(H2,14,16). The Bertz CT molecular complexity index is 508. The van der Waals surface area contributed by atoms with Crippen LogP contribution in [-0.2, 0) is 4.79 Å². The van der Waals surface area contributed by atoms with Crippen molar-refractivity contribution in [3.05, 3.63) is 52.2 Å². The minimum atomic E-state index is -0.469. The number of benzene rings is 1. The fourth-order valence-corrected chi connectivity index (χ4v) is 2.35. The summed E-state index contributed by atoms with van der Waals surface area (Å²) in [5, 5.41) is 7.02. The van der Waals surface area contributed by atoms with Gasteiger partial charge in [-0.2, -0.15) is 11.3 Å². The second-order valence-electron chi connectivity index (χ2n) is 3.91. The fraction of sp³-hybridized carbons (Fsp3) is 0.154. The molecule has 2 aromatic rings. The highest BCUT2D eigenvalue weighted by Crippen LogP contribution is 2.22. The maximum absolute atomic E-state index is 11.5. The Kier molecular flexibility index (Phi) is 3.44. The Morgan fingerprint density at radius 2 is 2.24 bits per heavy atom. The first-order valence-electron chi connectivity index (χ1n) is 5.31. The van der Waals surface area contributed by atoms with Crippen LogP contribution in [0.25, 0.3) is 0 Å². The summed E-state index contributed by atoms with van der Waals surface area (Å²) < 4.78 is 0. The molecule has 1 aromatic heterocycles. The van der Waals surface area contributed by atoms with Gasteiger partial charge in [0.15, 0.2) is 0 Å². The topological polar surface area (TPSA) is 55.1 Å². The van der Waals surface area contributed by atoms with Crippen molar-refractivity contribution < 1.29 is 4.79 Å². The Morgan fingerprint density at radius 1 is 1.41 bits per heavy atom. The van der Waals surface area contributed by atoms with Crippen molar-refractivity contribution in [3.63, 3.8) is 0 Å². The number of amides is 1. The number of thiophene rings is 1. The van der Waals surface area contributed by atoms with Gasteiger partial charge in [0.25, 0.3) is 0 Å². The third kappa shape index (κ3) is 2.85. The monoisotopic (exact) mass is 246 g/mol. The molecule has 3 nitrogen and oxygen atoms in total. The molecule has 17 heavy (non-hydrogen) atoms. The Labute approximate surface area is 104 Å². The highest BCUT2D eigenvalue weighted by Gasteiger charge is 2.17. The molecule has 0 aliphatic carbocycles. The van der Waals surface area contributed by atoms with E-state index in [1.165, 1.54) is 0 Å². The van der Waals surface area contributed by atoms with Crippen LogP contribution in [0.1, 0.15) is 17.2 Å². The van der Waals surface area contributed by atoms with E-state index >= 15 is 0 Å². The summed E-state index contributed by atoms with van der Waals surface area (Å²) in [5.41, 5.74) is 8.37. The molecule has 1 unspecified atom stereocenters. The molecule has 1 aromatic carbocycles. The van der Waals surface area contributed by atoms with Crippen molar-refractivity contribution in [1.29, 1.82) is 0 Å². The summed E-state index contributed by atoms with van der Waals surface area (Å²) in [4.78, 5) is 11.5. The third-order valence-electron chi connectivity index (χ3n) is 2.49. The molecule has 0 bridgehead atoms. The smallest absolute Gasteiger partial charge is 0.244 e. The predicted molar refractivity (Wildman–Crippen MR) is 71.1 cm³/mol. The van der Waals surface area contributed by atoms with E-state index in [1.54, 1.807) is 11.3 Å². The summed E-state index contributed by atoms with van der Waals surface area (Å²) in [6.07, 6.45) is 0. The van der Waals surface area contributed by atoms with Gasteiger partial charge in [-0.3, -0.25) is 4.79 Å². The molecule has 4 heteroatoms. The van der Waals surface area contributed by atoms with Gasteiger partial charge in [0.05, 0.1) is 0 Å². The molecule has 3 N–H and O–H groups in total. The lowest BCUT2D eigenvalue weighted by Crippen LogP contribution is -2.27. The Hall–Kier alpha value is -1.81. The number of aryl methyl sites for hydroxylation is 1. The molecule has 0 aliphatic rings. The molecule has 1 atom stereocenters. The van der Waals surface area contributed by atoms with Crippen molar-refractivity contribution in [1.82, 2.24) is 0 Å². The SMILES string of the molecule is Cc1cccc(NC(C(N)=O)c2ccsc2)c1. The number of hydrogen-bond donors (Lipinski definition) is 2. The molecular formula is C13H14N2OS. The first-order chi connectivity index (χ1) is 8.16. The maximum atomic E-state index is 11.5.